The van der Waals surface area contributed by atoms with Crippen LogP contribution in [0.3, 0.4) is 0 Å². The topological polar surface area (TPSA) is 89.3 Å². The van der Waals surface area contributed by atoms with E-state index in [1.165, 1.54) is 6.07 Å². The maximum Gasteiger partial charge on any atom is 0.266 e. The van der Waals surface area contributed by atoms with E-state index in [9.17, 15) is 13.2 Å². The molecular weight excluding hydrogens is 264 g/mol. The first-order valence-electron chi connectivity index (χ1n) is 5.56. The number of sulfonamides is 1. The summed E-state index contributed by atoms with van der Waals surface area (Å²) in [5.74, 6) is -0.605. The number of carbonyl (C=O) groups excluding carboxylic acids is 1. The Morgan fingerprint density at radius 3 is 2.26 bits per heavy atom. The quantitative estimate of drug-likeness (QED) is 0.768. The molecular formula is C13H10N2O3S. The zero-order chi connectivity index (χ0) is 13.6. The molecule has 1 heterocycles. The van der Waals surface area contributed by atoms with Gasteiger partial charge in [0.25, 0.3) is 15.9 Å². The molecule has 0 aromatic heterocycles. The van der Waals surface area contributed by atoms with E-state index in [1.54, 1.807) is 36.4 Å². The summed E-state index contributed by atoms with van der Waals surface area (Å²) in [6.45, 7) is 0. The van der Waals surface area contributed by atoms with Crippen LogP contribution in [-0.2, 0) is 10.0 Å². The molecule has 1 amide bonds. The maximum atomic E-state index is 12.0. The summed E-state index contributed by atoms with van der Waals surface area (Å²) in [7, 11) is -3.81. The standard InChI is InChI=1S/C13H10N2O3S/c14-11-7-2-1-4-8(11)9-5-3-6-10-12(9)19(17,18)15-13(10)16/h1-7H,14H2,(H,15,16). The van der Waals surface area contributed by atoms with E-state index in [-0.39, 0.29) is 10.5 Å². The third kappa shape index (κ3) is 1.68. The third-order valence-electron chi connectivity index (χ3n) is 3.01. The van der Waals surface area contributed by atoms with Crippen LogP contribution in [0.4, 0.5) is 5.69 Å². The molecule has 0 fully saturated rings. The minimum Gasteiger partial charge on any atom is -0.398 e. The molecule has 0 saturated heterocycles. The molecule has 0 bridgehead atoms. The van der Waals surface area contributed by atoms with Gasteiger partial charge < -0.3 is 5.73 Å². The van der Waals surface area contributed by atoms with E-state index in [2.05, 4.69) is 0 Å². The lowest BCUT2D eigenvalue weighted by molar-refractivity contribution is 0.0985. The Hall–Kier alpha value is -2.34. The average Bonchev–Trinajstić information content (AvgIpc) is 2.61. The summed E-state index contributed by atoms with van der Waals surface area (Å²) < 4.78 is 26.0. The second-order valence-electron chi connectivity index (χ2n) is 4.20. The first-order valence-corrected chi connectivity index (χ1v) is 7.04. The van der Waals surface area contributed by atoms with Crippen molar-refractivity contribution in [3.8, 4) is 11.1 Å². The summed E-state index contributed by atoms with van der Waals surface area (Å²) in [5, 5.41) is 0. The van der Waals surface area contributed by atoms with E-state index in [1.807, 2.05) is 4.72 Å². The van der Waals surface area contributed by atoms with Crippen molar-refractivity contribution in [3.63, 3.8) is 0 Å². The van der Waals surface area contributed by atoms with Crippen molar-refractivity contribution in [2.75, 3.05) is 5.73 Å². The molecule has 2 aromatic rings. The number of amides is 1. The number of hydrogen-bond donors (Lipinski definition) is 2. The highest BCUT2D eigenvalue weighted by atomic mass is 32.2. The van der Waals surface area contributed by atoms with Crippen LogP contribution in [0.15, 0.2) is 47.4 Å². The Morgan fingerprint density at radius 2 is 1.53 bits per heavy atom. The van der Waals surface area contributed by atoms with E-state index in [0.717, 1.165) is 0 Å². The lowest BCUT2D eigenvalue weighted by atomic mass is 10.0. The Kier molecular flexibility index (Phi) is 2.36. The van der Waals surface area contributed by atoms with Crippen molar-refractivity contribution in [2.45, 2.75) is 4.90 Å². The first-order chi connectivity index (χ1) is 9.00. The second kappa shape index (κ2) is 3.83. The summed E-state index contributed by atoms with van der Waals surface area (Å²) >= 11 is 0. The van der Waals surface area contributed by atoms with Gasteiger partial charge in [0.2, 0.25) is 0 Å². The first kappa shape index (κ1) is 11.7. The average molecular weight is 274 g/mol. The highest BCUT2D eigenvalue weighted by Crippen LogP contribution is 2.35. The van der Waals surface area contributed by atoms with Gasteiger partial charge in [-0.05, 0) is 12.1 Å². The fourth-order valence-electron chi connectivity index (χ4n) is 2.19. The summed E-state index contributed by atoms with van der Waals surface area (Å²) in [5.41, 5.74) is 7.52. The molecule has 1 aliphatic heterocycles. The van der Waals surface area contributed by atoms with Crippen LogP contribution in [0, 0.1) is 0 Å². The van der Waals surface area contributed by atoms with Crippen molar-refractivity contribution < 1.29 is 13.2 Å². The number of para-hydroxylation sites is 1. The molecule has 0 radical (unpaired) electrons. The molecule has 0 saturated carbocycles. The molecule has 0 spiro atoms. The van der Waals surface area contributed by atoms with E-state index in [0.29, 0.717) is 16.8 Å². The molecule has 2 aromatic carbocycles. The minimum absolute atomic E-state index is 0.00194. The Morgan fingerprint density at radius 1 is 0.895 bits per heavy atom. The van der Waals surface area contributed by atoms with Crippen LogP contribution in [0.5, 0.6) is 0 Å². The van der Waals surface area contributed by atoms with Gasteiger partial charge in [-0.25, -0.2) is 13.1 Å². The summed E-state index contributed by atoms with van der Waals surface area (Å²) in [4.78, 5) is 11.6. The Balaban J connectivity index is 2.38. The van der Waals surface area contributed by atoms with Crippen LogP contribution >= 0.6 is 0 Å². The SMILES string of the molecule is Nc1ccccc1-c1cccc2c1S(=O)(=O)NC2=O. The zero-order valence-corrected chi connectivity index (χ0v) is 10.6. The third-order valence-corrected chi connectivity index (χ3v) is 4.44. The Labute approximate surface area is 110 Å². The van der Waals surface area contributed by atoms with Crippen molar-refractivity contribution in [1.29, 1.82) is 0 Å². The fraction of sp³-hybridized carbons (Fsp3) is 0. The predicted octanol–water partition coefficient (Wildman–Crippen LogP) is 1.37. The highest BCUT2D eigenvalue weighted by Gasteiger charge is 2.35. The molecule has 6 heteroatoms. The molecule has 96 valence electrons. The van der Waals surface area contributed by atoms with Gasteiger partial charge in [-0.3, -0.25) is 4.79 Å². The van der Waals surface area contributed by atoms with Gasteiger partial charge in [0.15, 0.2) is 0 Å². The van der Waals surface area contributed by atoms with Crippen molar-refractivity contribution in [2.24, 2.45) is 0 Å². The number of carbonyl (C=O) groups is 1. The largest absolute Gasteiger partial charge is 0.398 e. The van der Waals surface area contributed by atoms with Crippen LogP contribution < -0.4 is 10.5 Å². The number of nitrogen functional groups attached to an aromatic ring is 1. The molecule has 1 aliphatic rings. The summed E-state index contributed by atoms with van der Waals surface area (Å²) in [6.07, 6.45) is 0. The van der Waals surface area contributed by atoms with Gasteiger partial charge in [-0.15, -0.1) is 0 Å². The van der Waals surface area contributed by atoms with Gasteiger partial charge in [-0.2, -0.15) is 0 Å². The van der Waals surface area contributed by atoms with Crippen LogP contribution in [0.2, 0.25) is 0 Å². The van der Waals surface area contributed by atoms with E-state index >= 15 is 0 Å². The van der Waals surface area contributed by atoms with Gasteiger partial charge in [-0.1, -0.05) is 30.3 Å². The molecule has 0 unspecified atom stereocenters. The number of nitrogens with two attached hydrogens (primary N) is 1. The molecule has 0 aliphatic carbocycles. The number of fused-ring (bicyclic) bond motifs is 1. The maximum absolute atomic E-state index is 12.0. The monoisotopic (exact) mass is 274 g/mol. The van der Waals surface area contributed by atoms with Crippen LogP contribution in [-0.4, -0.2) is 14.3 Å². The van der Waals surface area contributed by atoms with Gasteiger partial charge >= 0.3 is 0 Å². The number of benzene rings is 2. The smallest absolute Gasteiger partial charge is 0.266 e. The summed E-state index contributed by atoms with van der Waals surface area (Å²) in [6, 6.07) is 11.7. The lowest BCUT2D eigenvalue weighted by Gasteiger charge is -2.09. The van der Waals surface area contributed by atoms with Crippen molar-refractivity contribution in [3.05, 3.63) is 48.0 Å². The molecule has 19 heavy (non-hydrogen) atoms. The number of rotatable bonds is 1. The number of anilines is 1. The normalized spacial score (nSPS) is 15.9. The van der Waals surface area contributed by atoms with E-state index < -0.39 is 15.9 Å². The fourth-order valence-corrected chi connectivity index (χ4v) is 3.56. The molecule has 5 nitrogen and oxygen atoms in total. The van der Waals surface area contributed by atoms with Gasteiger partial charge in [0.1, 0.15) is 4.90 Å². The second-order valence-corrected chi connectivity index (χ2v) is 5.82. The van der Waals surface area contributed by atoms with E-state index in [4.69, 9.17) is 5.73 Å². The Bertz CT molecular complexity index is 797. The number of nitrogens with one attached hydrogen (secondary N) is 1. The van der Waals surface area contributed by atoms with Crippen molar-refractivity contribution in [1.82, 2.24) is 4.72 Å². The highest BCUT2D eigenvalue weighted by molar-refractivity contribution is 7.90. The van der Waals surface area contributed by atoms with Crippen LogP contribution in [0.25, 0.3) is 11.1 Å². The minimum atomic E-state index is -3.81. The molecule has 0 atom stereocenters. The number of hydrogen-bond acceptors (Lipinski definition) is 4. The van der Waals surface area contributed by atoms with Gasteiger partial charge in [0, 0.05) is 16.8 Å². The zero-order valence-electron chi connectivity index (χ0n) is 9.75. The predicted molar refractivity (Wildman–Crippen MR) is 70.9 cm³/mol. The molecule has 3 N–H and O–H groups in total. The van der Waals surface area contributed by atoms with Crippen molar-refractivity contribution >= 4 is 21.6 Å². The van der Waals surface area contributed by atoms with Crippen LogP contribution in [0.1, 0.15) is 10.4 Å². The van der Waals surface area contributed by atoms with Gasteiger partial charge in [0.05, 0.1) is 5.56 Å². The molecule has 3 rings (SSSR count). The lowest BCUT2D eigenvalue weighted by Crippen LogP contribution is -2.20.